The molecule has 1 heterocycles. The number of rotatable bonds is 5. The molecule has 192 valence electrons. The highest BCUT2D eigenvalue weighted by molar-refractivity contribution is 5.94. The number of carboxylic acid groups (broad SMARTS) is 1. The third-order valence-electron chi connectivity index (χ3n) is 6.48. The lowest BCUT2D eigenvalue weighted by atomic mass is 9.73. The van der Waals surface area contributed by atoms with Gasteiger partial charge in [0.1, 0.15) is 0 Å². The van der Waals surface area contributed by atoms with E-state index in [9.17, 15) is 38.0 Å². The van der Waals surface area contributed by atoms with Crippen LogP contribution in [0.4, 0.5) is 23.7 Å². The number of para-hydroxylation sites is 1. The molecule has 1 aliphatic heterocycles. The van der Waals surface area contributed by atoms with E-state index < -0.39 is 46.5 Å². The van der Waals surface area contributed by atoms with E-state index in [1.165, 1.54) is 30.3 Å². The van der Waals surface area contributed by atoms with E-state index in [0.29, 0.717) is 11.1 Å². The van der Waals surface area contributed by atoms with Gasteiger partial charge in [-0.1, -0.05) is 48.5 Å². The van der Waals surface area contributed by atoms with Gasteiger partial charge in [0, 0.05) is 42.1 Å². The molecule has 11 heteroatoms. The predicted octanol–water partition coefficient (Wildman–Crippen LogP) is 5.27. The van der Waals surface area contributed by atoms with E-state index in [2.05, 4.69) is 5.32 Å². The van der Waals surface area contributed by atoms with Gasteiger partial charge in [-0.25, -0.2) is 4.79 Å². The van der Waals surface area contributed by atoms with Crippen LogP contribution in [0.3, 0.4) is 0 Å². The smallest absolute Gasteiger partial charge is 0.416 e. The quantitative estimate of drug-likeness (QED) is 0.356. The number of likely N-dealkylation sites (tertiary alicyclic amines) is 1. The van der Waals surface area contributed by atoms with Crippen molar-refractivity contribution >= 4 is 17.7 Å². The number of carbonyl (C=O) groups excluding carboxylic acids is 1. The van der Waals surface area contributed by atoms with Crippen LogP contribution in [0.25, 0.3) is 0 Å². The lowest BCUT2D eigenvalue weighted by Gasteiger charge is -2.43. The Hall–Kier alpha value is -4.41. The van der Waals surface area contributed by atoms with Gasteiger partial charge in [-0.2, -0.15) is 13.2 Å². The first kappa shape index (κ1) is 25.7. The number of hydrogen-bond acceptors (Lipinski definition) is 4. The molecule has 1 aliphatic rings. The van der Waals surface area contributed by atoms with Crippen molar-refractivity contribution in [1.29, 1.82) is 0 Å². The van der Waals surface area contributed by atoms with Crippen LogP contribution in [0.1, 0.15) is 38.9 Å². The maximum atomic E-state index is 13.2. The second-order valence-electron chi connectivity index (χ2n) is 8.70. The molecule has 0 spiro atoms. The molecule has 0 radical (unpaired) electrons. The Labute approximate surface area is 209 Å². The van der Waals surface area contributed by atoms with Crippen molar-refractivity contribution in [3.05, 3.63) is 111 Å². The minimum Gasteiger partial charge on any atom is -0.465 e. The van der Waals surface area contributed by atoms with Gasteiger partial charge >= 0.3 is 12.3 Å². The van der Waals surface area contributed by atoms with Crippen LogP contribution >= 0.6 is 0 Å². The summed E-state index contributed by atoms with van der Waals surface area (Å²) in [6.45, 7) is -0.295. The van der Waals surface area contributed by atoms with Gasteiger partial charge in [-0.05, 0) is 29.8 Å². The third kappa shape index (κ3) is 5.55. The van der Waals surface area contributed by atoms with Crippen LogP contribution in [-0.2, 0) is 6.18 Å². The number of carbonyl (C=O) groups is 2. The molecule has 37 heavy (non-hydrogen) atoms. The van der Waals surface area contributed by atoms with E-state index in [0.717, 1.165) is 17.0 Å². The van der Waals surface area contributed by atoms with Crippen molar-refractivity contribution in [2.45, 2.75) is 24.1 Å². The number of benzene rings is 3. The van der Waals surface area contributed by atoms with Gasteiger partial charge in [-0.3, -0.25) is 14.9 Å². The van der Waals surface area contributed by atoms with E-state index in [1.807, 2.05) is 0 Å². The molecule has 3 unspecified atom stereocenters. The minimum atomic E-state index is -4.57. The van der Waals surface area contributed by atoms with Crippen LogP contribution in [0.15, 0.2) is 78.9 Å². The summed E-state index contributed by atoms with van der Waals surface area (Å²) in [4.78, 5) is 37.4. The standard InChI is InChI=1S/C26H22F3N3O5/c27-26(28,29)18-12-10-16(11-13-18)20-14-31(25(34)35)15-21(30-24(33)17-6-2-1-3-7-17)23(20)19-8-4-5-9-22(19)32(36)37/h1-13,20-21,23H,14-15H2,(H,30,33)(H,34,35). The molecule has 0 aromatic heterocycles. The Bertz CT molecular complexity index is 1300. The summed E-state index contributed by atoms with van der Waals surface area (Å²) < 4.78 is 39.5. The zero-order chi connectivity index (χ0) is 26.7. The SMILES string of the molecule is O=C(NC1CN(C(=O)O)CC(c2ccc(C(F)(F)F)cc2)C1c1ccccc1[N+](=O)[O-])c1ccccc1. The third-order valence-corrected chi connectivity index (χ3v) is 6.48. The van der Waals surface area contributed by atoms with Crippen LogP contribution in [0, 0.1) is 10.1 Å². The van der Waals surface area contributed by atoms with Crippen LogP contribution in [-0.4, -0.2) is 46.1 Å². The molecule has 4 rings (SSSR count). The fourth-order valence-corrected chi connectivity index (χ4v) is 4.79. The molecule has 1 fully saturated rings. The number of piperidine rings is 1. The van der Waals surface area contributed by atoms with Gasteiger partial charge < -0.3 is 15.3 Å². The summed E-state index contributed by atoms with van der Waals surface area (Å²) in [5.41, 5.74) is -0.185. The van der Waals surface area contributed by atoms with Crippen molar-refractivity contribution in [3.63, 3.8) is 0 Å². The van der Waals surface area contributed by atoms with Gasteiger partial charge in [0.2, 0.25) is 0 Å². The number of alkyl halides is 3. The highest BCUT2D eigenvalue weighted by Crippen LogP contribution is 2.44. The minimum absolute atomic E-state index is 0.130. The maximum absolute atomic E-state index is 13.2. The molecule has 0 saturated carbocycles. The normalized spacial score (nSPS) is 19.8. The van der Waals surface area contributed by atoms with E-state index in [1.54, 1.807) is 36.4 Å². The fourth-order valence-electron chi connectivity index (χ4n) is 4.79. The average Bonchev–Trinajstić information content (AvgIpc) is 2.88. The molecular weight excluding hydrogens is 491 g/mol. The van der Waals surface area contributed by atoms with Crippen molar-refractivity contribution in [1.82, 2.24) is 10.2 Å². The number of halogens is 3. The largest absolute Gasteiger partial charge is 0.465 e. The summed E-state index contributed by atoms with van der Waals surface area (Å²) in [6.07, 6.45) is -5.85. The van der Waals surface area contributed by atoms with Crippen molar-refractivity contribution in [3.8, 4) is 0 Å². The fraction of sp³-hybridized carbons (Fsp3) is 0.231. The summed E-state index contributed by atoms with van der Waals surface area (Å²) >= 11 is 0. The van der Waals surface area contributed by atoms with Gasteiger partial charge in [0.25, 0.3) is 11.6 Å². The number of nitrogens with zero attached hydrogens (tertiary/aromatic N) is 2. The van der Waals surface area contributed by atoms with Crippen LogP contribution in [0.5, 0.6) is 0 Å². The van der Waals surface area contributed by atoms with Crippen LogP contribution < -0.4 is 5.32 Å². The Morgan fingerprint density at radius 2 is 1.57 bits per heavy atom. The number of nitrogens with one attached hydrogen (secondary N) is 1. The molecule has 2 amide bonds. The summed E-state index contributed by atoms with van der Waals surface area (Å²) in [6, 6.07) is 17.4. The van der Waals surface area contributed by atoms with Gasteiger partial charge in [0.05, 0.1) is 16.5 Å². The molecule has 0 aliphatic carbocycles. The maximum Gasteiger partial charge on any atom is 0.416 e. The molecule has 3 aromatic carbocycles. The van der Waals surface area contributed by atoms with Gasteiger partial charge in [-0.15, -0.1) is 0 Å². The Morgan fingerprint density at radius 3 is 2.16 bits per heavy atom. The summed E-state index contributed by atoms with van der Waals surface area (Å²) in [7, 11) is 0. The first-order valence-electron chi connectivity index (χ1n) is 11.3. The molecule has 0 bridgehead atoms. The zero-order valence-corrected chi connectivity index (χ0v) is 19.3. The number of nitro groups is 1. The molecule has 1 saturated heterocycles. The summed E-state index contributed by atoms with van der Waals surface area (Å²) in [5, 5.41) is 24.5. The number of amides is 2. The first-order chi connectivity index (χ1) is 17.6. The molecule has 3 atom stereocenters. The average molecular weight is 513 g/mol. The lowest BCUT2D eigenvalue weighted by molar-refractivity contribution is -0.385. The first-order valence-corrected chi connectivity index (χ1v) is 11.3. The molecule has 3 aromatic rings. The molecule has 8 nitrogen and oxygen atoms in total. The molecule has 2 N–H and O–H groups in total. The highest BCUT2D eigenvalue weighted by Gasteiger charge is 2.43. The zero-order valence-electron chi connectivity index (χ0n) is 19.3. The Morgan fingerprint density at radius 1 is 0.946 bits per heavy atom. The number of hydrogen-bond donors (Lipinski definition) is 2. The topological polar surface area (TPSA) is 113 Å². The Kier molecular flexibility index (Phi) is 7.14. The predicted molar refractivity (Wildman–Crippen MR) is 127 cm³/mol. The van der Waals surface area contributed by atoms with Crippen LogP contribution in [0.2, 0.25) is 0 Å². The van der Waals surface area contributed by atoms with E-state index in [-0.39, 0.29) is 24.3 Å². The van der Waals surface area contributed by atoms with Crippen molar-refractivity contribution in [2.24, 2.45) is 0 Å². The second-order valence-corrected chi connectivity index (χ2v) is 8.70. The monoisotopic (exact) mass is 513 g/mol. The summed E-state index contributed by atoms with van der Waals surface area (Å²) in [5.74, 6) is -2.09. The number of nitro benzene ring substituents is 1. The van der Waals surface area contributed by atoms with Crippen molar-refractivity contribution < 1.29 is 32.8 Å². The second kappa shape index (κ2) is 10.3. The van der Waals surface area contributed by atoms with Crippen molar-refractivity contribution in [2.75, 3.05) is 13.1 Å². The Balaban J connectivity index is 1.83. The molecular formula is C26H22F3N3O5. The van der Waals surface area contributed by atoms with E-state index >= 15 is 0 Å². The lowest BCUT2D eigenvalue weighted by Crippen LogP contribution is -2.55. The van der Waals surface area contributed by atoms with Gasteiger partial charge in [0.15, 0.2) is 0 Å². The highest BCUT2D eigenvalue weighted by atomic mass is 19.4. The van der Waals surface area contributed by atoms with E-state index in [4.69, 9.17) is 0 Å².